The summed E-state index contributed by atoms with van der Waals surface area (Å²) in [7, 11) is 0. The van der Waals surface area contributed by atoms with E-state index in [0.29, 0.717) is 11.0 Å². The summed E-state index contributed by atoms with van der Waals surface area (Å²) in [5.41, 5.74) is 2.53. The number of hydrogen-bond acceptors (Lipinski definition) is 1. The van der Waals surface area contributed by atoms with E-state index in [1.165, 1.54) is 12.1 Å². The molecule has 0 spiro atoms. The zero-order valence-electron chi connectivity index (χ0n) is 8.25. The molecule has 0 atom stereocenters. The van der Waals surface area contributed by atoms with Gasteiger partial charge in [-0.15, -0.1) is 11.6 Å². The highest BCUT2D eigenvalue weighted by Crippen LogP contribution is 2.24. The van der Waals surface area contributed by atoms with Crippen LogP contribution in [0.1, 0.15) is 5.56 Å². The number of rotatable bonds is 2. The fraction of sp³-hybridized carbons (Fsp3) is 0.0833. The molecular formula is C12H8Cl2FN. The third kappa shape index (κ3) is 2.34. The lowest BCUT2D eigenvalue weighted by Gasteiger charge is -2.04. The Bertz CT molecular complexity index is 497. The topological polar surface area (TPSA) is 12.9 Å². The van der Waals surface area contributed by atoms with E-state index in [9.17, 15) is 4.39 Å². The first-order valence-electron chi connectivity index (χ1n) is 4.67. The first kappa shape index (κ1) is 11.4. The minimum absolute atomic E-state index is 0.261. The van der Waals surface area contributed by atoms with Crippen LogP contribution in [0.3, 0.4) is 0 Å². The quantitative estimate of drug-likeness (QED) is 0.577. The number of benzene rings is 1. The molecule has 0 aliphatic heterocycles. The summed E-state index contributed by atoms with van der Waals surface area (Å²) in [5.74, 6) is 0.0455. The van der Waals surface area contributed by atoms with E-state index < -0.39 is 0 Å². The number of pyridine rings is 1. The molecule has 1 aromatic heterocycles. The maximum atomic E-state index is 12.8. The Labute approximate surface area is 103 Å². The average molecular weight is 256 g/mol. The van der Waals surface area contributed by atoms with Crippen LogP contribution < -0.4 is 0 Å². The first-order valence-corrected chi connectivity index (χ1v) is 5.58. The lowest BCUT2D eigenvalue weighted by Crippen LogP contribution is -1.87. The molecule has 82 valence electrons. The predicted octanol–water partition coefficient (Wildman–Crippen LogP) is 4.28. The zero-order chi connectivity index (χ0) is 11.5. The molecule has 0 unspecified atom stereocenters. The smallest absolute Gasteiger partial charge is 0.133 e. The highest BCUT2D eigenvalue weighted by atomic mass is 35.5. The number of nitrogens with zero attached hydrogens (tertiary/aromatic N) is 1. The van der Waals surface area contributed by atoms with Gasteiger partial charge < -0.3 is 0 Å². The molecule has 1 nitrogen and oxygen atoms in total. The van der Waals surface area contributed by atoms with Gasteiger partial charge in [0.05, 0.1) is 5.88 Å². The zero-order valence-corrected chi connectivity index (χ0v) is 9.76. The van der Waals surface area contributed by atoms with Crippen molar-refractivity contribution >= 4 is 23.2 Å². The molecule has 1 heterocycles. The summed E-state index contributed by atoms with van der Waals surface area (Å²) in [6, 6.07) is 8.06. The van der Waals surface area contributed by atoms with Crippen LogP contribution >= 0.6 is 23.2 Å². The van der Waals surface area contributed by atoms with E-state index in [1.54, 1.807) is 18.3 Å². The molecule has 2 rings (SSSR count). The summed E-state index contributed by atoms with van der Waals surface area (Å²) in [6.45, 7) is 0. The summed E-state index contributed by atoms with van der Waals surface area (Å²) >= 11 is 11.6. The van der Waals surface area contributed by atoms with E-state index in [2.05, 4.69) is 4.98 Å². The van der Waals surface area contributed by atoms with Crippen molar-refractivity contribution < 1.29 is 4.39 Å². The molecule has 0 saturated carbocycles. The SMILES string of the molecule is Fc1ccc(-c2cnc(Cl)c(CCl)c2)cc1. The molecule has 0 fully saturated rings. The average Bonchev–Trinajstić information content (AvgIpc) is 2.31. The molecule has 0 aliphatic carbocycles. The van der Waals surface area contributed by atoms with Gasteiger partial charge in [0.1, 0.15) is 11.0 Å². The van der Waals surface area contributed by atoms with Gasteiger partial charge in [0.2, 0.25) is 0 Å². The highest BCUT2D eigenvalue weighted by Gasteiger charge is 2.04. The van der Waals surface area contributed by atoms with Crippen molar-refractivity contribution in [3.05, 3.63) is 53.1 Å². The molecule has 2 aromatic rings. The highest BCUT2D eigenvalue weighted by molar-refractivity contribution is 6.31. The second-order valence-electron chi connectivity index (χ2n) is 3.31. The summed E-state index contributed by atoms with van der Waals surface area (Å²) in [4.78, 5) is 4.04. The Kier molecular flexibility index (Phi) is 3.42. The minimum atomic E-state index is -0.261. The lowest BCUT2D eigenvalue weighted by molar-refractivity contribution is 0.628. The molecule has 0 radical (unpaired) electrons. The molecule has 0 N–H and O–H groups in total. The van der Waals surface area contributed by atoms with Crippen LogP contribution in [0.25, 0.3) is 11.1 Å². The number of halogens is 3. The fourth-order valence-electron chi connectivity index (χ4n) is 1.39. The predicted molar refractivity (Wildman–Crippen MR) is 64.2 cm³/mol. The van der Waals surface area contributed by atoms with Crippen LogP contribution in [0.4, 0.5) is 4.39 Å². The molecule has 16 heavy (non-hydrogen) atoms. The third-order valence-corrected chi connectivity index (χ3v) is 2.86. The van der Waals surface area contributed by atoms with E-state index in [4.69, 9.17) is 23.2 Å². The van der Waals surface area contributed by atoms with Gasteiger partial charge in [-0.25, -0.2) is 9.37 Å². The first-order chi connectivity index (χ1) is 7.70. The fourth-order valence-corrected chi connectivity index (χ4v) is 1.83. The lowest BCUT2D eigenvalue weighted by atomic mass is 10.1. The third-order valence-electron chi connectivity index (χ3n) is 2.23. The van der Waals surface area contributed by atoms with Crippen LogP contribution in [0.2, 0.25) is 5.15 Å². The van der Waals surface area contributed by atoms with Gasteiger partial charge in [0.15, 0.2) is 0 Å². The Balaban J connectivity index is 2.44. The Morgan fingerprint density at radius 2 is 1.81 bits per heavy atom. The monoisotopic (exact) mass is 255 g/mol. The van der Waals surface area contributed by atoms with Crippen molar-refractivity contribution in [1.82, 2.24) is 4.98 Å². The van der Waals surface area contributed by atoms with Crippen molar-refractivity contribution in [2.45, 2.75) is 5.88 Å². The van der Waals surface area contributed by atoms with E-state index in [0.717, 1.165) is 16.7 Å². The summed E-state index contributed by atoms with van der Waals surface area (Å²) in [5, 5.41) is 0.404. The van der Waals surface area contributed by atoms with Crippen molar-refractivity contribution in [2.24, 2.45) is 0 Å². The van der Waals surface area contributed by atoms with Gasteiger partial charge >= 0.3 is 0 Å². The molecule has 0 bridgehead atoms. The largest absolute Gasteiger partial charge is 0.244 e. The van der Waals surface area contributed by atoms with Crippen LogP contribution in [0.15, 0.2) is 36.5 Å². The maximum absolute atomic E-state index is 12.8. The standard InChI is InChI=1S/C12H8Cl2FN/c13-6-9-5-10(7-16-12(9)14)8-1-3-11(15)4-2-8/h1-5,7H,6H2. The molecule has 0 saturated heterocycles. The normalized spacial score (nSPS) is 10.4. The van der Waals surface area contributed by atoms with E-state index in [1.807, 2.05) is 6.07 Å². The van der Waals surface area contributed by atoms with Crippen molar-refractivity contribution in [3.8, 4) is 11.1 Å². The van der Waals surface area contributed by atoms with E-state index in [-0.39, 0.29) is 5.82 Å². The van der Waals surface area contributed by atoms with Gasteiger partial charge in [-0.05, 0) is 23.8 Å². The second-order valence-corrected chi connectivity index (χ2v) is 3.94. The van der Waals surface area contributed by atoms with Gasteiger partial charge in [-0.2, -0.15) is 0 Å². The molecule has 1 aromatic carbocycles. The molecule has 0 amide bonds. The van der Waals surface area contributed by atoms with Gasteiger partial charge in [-0.1, -0.05) is 23.7 Å². The van der Waals surface area contributed by atoms with Crippen LogP contribution in [0.5, 0.6) is 0 Å². The number of hydrogen-bond donors (Lipinski definition) is 0. The van der Waals surface area contributed by atoms with Crippen LogP contribution in [-0.4, -0.2) is 4.98 Å². The van der Waals surface area contributed by atoms with Crippen molar-refractivity contribution in [3.63, 3.8) is 0 Å². The van der Waals surface area contributed by atoms with Crippen LogP contribution in [0, 0.1) is 5.82 Å². The van der Waals surface area contributed by atoms with Gasteiger partial charge in [0, 0.05) is 17.3 Å². The molecular weight excluding hydrogens is 248 g/mol. The Morgan fingerprint density at radius 3 is 2.44 bits per heavy atom. The minimum Gasteiger partial charge on any atom is -0.244 e. The van der Waals surface area contributed by atoms with Crippen LogP contribution in [-0.2, 0) is 5.88 Å². The van der Waals surface area contributed by atoms with Crippen molar-refractivity contribution in [1.29, 1.82) is 0 Å². The van der Waals surface area contributed by atoms with Gasteiger partial charge in [0.25, 0.3) is 0 Å². The second kappa shape index (κ2) is 4.81. The summed E-state index contributed by atoms with van der Waals surface area (Å²) < 4.78 is 12.8. The Morgan fingerprint density at radius 1 is 1.12 bits per heavy atom. The van der Waals surface area contributed by atoms with Crippen molar-refractivity contribution in [2.75, 3.05) is 0 Å². The maximum Gasteiger partial charge on any atom is 0.133 e. The number of aromatic nitrogens is 1. The van der Waals surface area contributed by atoms with E-state index >= 15 is 0 Å². The molecule has 4 heteroatoms. The number of alkyl halides is 1. The summed E-state index contributed by atoms with van der Waals surface area (Å²) in [6.07, 6.45) is 1.64. The molecule has 0 aliphatic rings. The Hall–Kier alpha value is -1.12. The van der Waals surface area contributed by atoms with Gasteiger partial charge in [-0.3, -0.25) is 0 Å².